The van der Waals surface area contributed by atoms with Crippen molar-refractivity contribution in [3.05, 3.63) is 47.1 Å². The lowest BCUT2D eigenvalue weighted by Gasteiger charge is -2.32. The van der Waals surface area contributed by atoms with E-state index in [4.69, 9.17) is 4.52 Å². The van der Waals surface area contributed by atoms with E-state index in [0.717, 1.165) is 38.4 Å². The minimum atomic E-state index is -4.31. The molecule has 0 radical (unpaired) electrons. The van der Waals surface area contributed by atoms with Crippen LogP contribution in [0.15, 0.2) is 28.8 Å². The van der Waals surface area contributed by atoms with Gasteiger partial charge in [0.1, 0.15) is 0 Å². The van der Waals surface area contributed by atoms with Crippen LogP contribution < -0.4 is 5.32 Å². The predicted octanol–water partition coefficient (Wildman–Crippen LogP) is 3.29. The van der Waals surface area contributed by atoms with Gasteiger partial charge in [0.15, 0.2) is 5.82 Å². The number of likely N-dealkylation sites (tertiary alicyclic amines) is 1. The fourth-order valence-corrected chi connectivity index (χ4v) is 3.52. The Bertz CT molecular complexity index is 806. The highest BCUT2D eigenvalue weighted by molar-refractivity contribution is 5.89. The molecular weight excluding hydrogens is 373 g/mol. The van der Waals surface area contributed by atoms with Crippen LogP contribution in [0.3, 0.4) is 0 Å². The molecule has 9 heteroatoms. The number of aromatic nitrogens is 2. The summed E-state index contributed by atoms with van der Waals surface area (Å²) in [5.41, 5.74) is 0.111. The van der Waals surface area contributed by atoms with Crippen LogP contribution in [0.4, 0.5) is 13.2 Å². The molecule has 1 aliphatic heterocycles. The molecule has 0 aliphatic carbocycles. The first-order valence-electron chi connectivity index (χ1n) is 9.28. The Balaban J connectivity index is 1.52. The first-order chi connectivity index (χ1) is 13.3. The molecule has 152 valence electrons. The number of halogens is 3. The topological polar surface area (TPSA) is 71.3 Å². The Morgan fingerprint density at radius 1 is 1.39 bits per heavy atom. The normalized spacial score (nSPS) is 18.2. The third-order valence-electron chi connectivity index (χ3n) is 4.95. The molecular formula is C19H23F3N4O2. The number of alkyl halides is 3. The molecule has 2 aromatic rings. The zero-order chi connectivity index (χ0) is 20.1. The fourth-order valence-electron chi connectivity index (χ4n) is 3.52. The number of carbonyl (C=O) groups is 1. The molecule has 0 bridgehead atoms. The summed E-state index contributed by atoms with van der Waals surface area (Å²) < 4.78 is 43.5. The van der Waals surface area contributed by atoms with Crippen molar-refractivity contribution in [3.63, 3.8) is 0 Å². The number of piperidine rings is 1. The van der Waals surface area contributed by atoms with Gasteiger partial charge < -0.3 is 9.84 Å². The number of aryl methyl sites for hydroxylation is 1. The van der Waals surface area contributed by atoms with Crippen molar-refractivity contribution in [1.82, 2.24) is 20.4 Å². The van der Waals surface area contributed by atoms with Crippen LogP contribution in [0.1, 0.15) is 46.9 Å². The second-order valence-electron chi connectivity index (χ2n) is 7.08. The van der Waals surface area contributed by atoms with E-state index in [2.05, 4.69) is 20.4 Å². The van der Waals surface area contributed by atoms with Crippen molar-refractivity contribution < 1.29 is 22.5 Å². The van der Waals surface area contributed by atoms with E-state index in [1.165, 1.54) is 19.2 Å². The predicted molar refractivity (Wildman–Crippen MR) is 95.5 cm³/mol. The van der Waals surface area contributed by atoms with E-state index in [9.17, 15) is 18.0 Å². The molecule has 1 aromatic carbocycles. The molecule has 1 atom stereocenters. The van der Waals surface area contributed by atoms with Gasteiger partial charge >= 0.3 is 18.0 Å². The highest BCUT2D eigenvalue weighted by atomic mass is 19.4. The molecule has 28 heavy (non-hydrogen) atoms. The van der Waals surface area contributed by atoms with Crippen molar-refractivity contribution in [3.8, 4) is 0 Å². The number of nitrogens with zero attached hydrogens (tertiary/aromatic N) is 3. The van der Waals surface area contributed by atoms with Gasteiger partial charge in [-0.2, -0.15) is 18.2 Å². The summed E-state index contributed by atoms with van der Waals surface area (Å²) in [5, 5.41) is 6.27. The van der Waals surface area contributed by atoms with Crippen LogP contribution in [-0.2, 0) is 19.1 Å². The Kier molecular flexibility index (Phi) is 6.33. The maximum Gasteiger partial charge on any atom is 0.416 e. The van der Waals surface area contributed by atoms with Gasteiger partial charge in [-0.1, -0.05) is 23.4 Å². The molecule has 2 heterocycles. The maximum atomic E-state index is 12.8. The summed E-state index contributed by atoms with van der Waals surface area (Å²) in [4.78, 5) is 17.8. The second-order valence-corrected chi connectivity index (χ2v) is 7.08. The molecule has 1 aliphatic rings. The van der Waals surface area contributed by atoms with Gasteiger partial charge in [-0.25, -0.2) is 0 Å². The van der Waals surface area contributed by atoms with E-state index in [0.29, 0.717) is 30.3 Å². The molecule has 1 N–H and O–H groups in total. The minimum absolute atomic E-state index is 0.0596. The molecule has 1 amide bonds. The number of carbonyl (C=O) groups excluding carboxylic acids is 1. The lowest BCUT2D eigenvalue weighted by Crippen LogP contribution is -2.35. The van der Waals surface area contributed by atoms with Crippen LogP contribution in [0, 0.1) is 5.92 Å². The molecule has 1 aromatic heterocycles. The number of hydrogen-bond acceptors (Lipinski definition) is 5. The number of rotatable bonds is 6. The van der Waals surface area contributed by atoms with Gasteiger partial charge in [-0.15, -0.1) is 0 Å². The molecule has 6 nitrogen and oxygen atoms in total. The highest BCUT2D eigenvalue weighted by Crippen LogP contribution is 2.30. The fraction of sp³-hybridized carbons (Fsp3) is 0.526. The van der Waals surface area contributed by atoms with Gasteiger partial charge in [0.05, 0.1) is 12.1 Å². The molecule has 1 saturated heterocycles. The van der Waals surface area contributed by atoms with Gasteiger partial charge in [-0.3, -0.25) is 9.69 Å². The Morgan fingerprint density at radius 3 is 2.96 bits per heavy atom. The van der Waals surface area contributed by atoms with E-state index >= 15 is 0 Å². The lowest BCUT2D eigenvalue weighted by atomic mass is 9.91. The Morgan fingerprint density at radius 2 is 2.21 bits per heavy atom. The smallest absolute Gasteiger partial charge is 0.351 e. The van der Waals surface area contributed by atoms with E-state index in [1.54, 1.807) is 6.07 Å². The monoisotopic (exact) mass is 396 g/mol. The summed E-state index contributed by atoms with van der Waals surface area (Å²) >= 11 is 0. The average molecular weight is 396 g/mol. The van der Waals surface area contributed by atoms with E-state index in [1.807, 2.05) is 0 Å². The molecule has 0 unspecified atom stereocenters. The number of benzene rings is 1. The SMILES string of the molecule is CNC(=O)c1nc(CN2CCC[C@@H](CCc3cccc(C(F)(F)F)c3)C2)no1. The third kappa shape index (κ3) is 5.31. The van der Waals surface area contributed by atoms with Crippen LogP contribution >= 0.6 is 0 Å². The van der Waals surface area contributed by atoms with E-state index < -0.39 is 17.6 Å². The van der Waals surface area contributed by atoms with Crippen molar-refractivity contribution in [2.24, 2.45) is 5.92 Å². The van der Waals surface area contributed by atoms with Gasteiger partial charge in [0.25, 0.3) is 0 Å². The standard InChI is InChI=1S/C19H23F3N4O2/c1-23-17(27)18-24-16(25-28-18)12-26-9-3-5-14(11-26)8-7-13-4-2-6-15(10-13)19(20,21)22/h2,4,6,10,14H,3,5,7-9,11-12H2,1H3,(H,23,27)/t14-/m0/s1. The molecule has 1 fully saturated rings. The third-order valence-corrected chi connectivity index (χ3v) is 4.95. The lowest BCUT2D eigenvalue weighted by molar-refractivity contribution is -0.137. The van der Waals surface area contributed by atoms with Crippen LogP contribution in [0.2, 0.25) is 0 Å². The van der Waals surface area contributed by atoms with Crippen molar-refractivity contribution in [2.75, 3.05) is 20.1 Å². The summed E-state index contributed by atoms with van der Waals surface area (Å²) in [5.74, 6) is 0.373. The number of nitrogens with one attached hydrogen (secondary N) is 1. The molecule has 0 spiro atoms. The van der Waals surface area contributed by atoms with Gasteiger partial charge in [-0.05, 0) is 49.8 Å². The summed E-state index contributed by atoms with van der Waals surface area (Å²) in [6.45, 7) is 2.20. The first-order valence-corrected chi connectivity index (χ1v) is 9.28. The van der Waals surface area contributed by atoms with Crippen LogP contribution in [-0.4, -0.2) is 41.1 Å². The number of amides is 1. The Hall–Kier alpha value is -2.42. The minimum Gasteiger partial charge on any atom is -0.351 e. The average Bonchev–Trinajstić information content (AvgIpc) is 3.14. The summed E-state index contributed by atoms with van der Waals surface area (Å²) in [6.07, 6.45) is -0.812. The van der Waals surface area contributed by atoms with Crippen LogP contribution in [0.5, 0.6) is 0 Å². The quantitative estimate of drug-likeness (QED) is 0.811. The Labute approximate surface area is 161 Å². The number of hydrogen-bond donors (Lipinski definition) is 1. The summed E-state index contributed by atoms with van der Waals surface area (Å²) in [6, 6.07) is 5.55. The molecule has 3 rings (SSSR count). The zero-order valence-electron chi connectivity index (χ0n) is 15.6. The second kappa shape index (κ2) is 8.72. The van der Waals surface area contributed by atoms with Gasteiger partial charge in [0, 0.05) is 13.6 Å². The van der Waals surface area contributed by atoms with Crippen molar-refractivity contribution in [1.29, 1.82) is 0 Å². The highest BCUT2D eigenvalue weighted by Gasteiger charge is 2.30. The van der Waals surface area contributed by atoms with Gasteiger partial charge in [0.2, 0.25) is 0 Å². The van der Waals surface area contributed by atoms with Crippen molar-refractivity contribution >= 4 is 5.91 Å². The maximum absolute atomic E-state index is 12.8. The first kappa shape index (κ1) is 20.3. The largest absolute Gasteiger partial charge is 0.416 e. The zero-order valence-corrected chi connectivity index (χ0v) is 15.6. The summed E-state index contributed by atoms with van der Waals surface area (Å²) in [7, 11) is 1.49. The van der Waals surface area contributed by atoms with E-state index in [-0.39, 0.29) is 5.89 Å². The molecule has 0 saturated carbocycles. The van der Waals surface area contributed by atoms with Crippen molar-refractivity contribution in [2.45, 2.75) is 38.4 Å². The van der Waals surface area contributed by atoms with Crippen LogP contribution in [0.25, 0.3) is 0 Å².